The van der Waals surface area contributed by atoms with Crippen LogP contribution in [0.15, 0.2) is 48.8 Å². The van der Waals surface area contributed by atoms with E-state index in [-0.39, 0.29) is 0 Å². The van der Waals surface area contributed by atoms with Crippen molar-refractivity contribution in [2.24, 2.45) is 0 Å². The van der Waals surface area contributed by atoms with Gasteiger partial charge in [-0.2, -0.15) is 0 Å². The highest BCUT2D eigenvalue weighted by Gasteiger charge is 2.11. The van der Waals surface area contributed by atoms with Gasteiger partial charge in [0.05, 0.1) is 10.6 Å². The Balaban J connectivity index is 2.08. The molecule has 1 aromatic carbocycles. The number of aromatic nitrogens is 2. The summed E-state index contributed by atoms with van der Waals surface area (Å²) in [5, 5.41) is 1.01. The van der Waals surface area contributed by atoms with Crippen molar-refractivity contribution >= 4 is 17.0 Å². The minimum absolute atomic E-state index is 0.774. The van der Waals surface area contributed by atoms with Crippen molar-refractivity contribution in [3.8, 4) is 21.0 Å². The van der Waals surface area contributed by atoms with E-state index in [0.29, 0.717) is 0 Å². The first-order chi connectivity index (χ1) is 9.24. The van der Waals surface area contributed by atoms with Gasteiger partial charge in [-0.05, 0) is 36.8 Å². The van der Waals surface area contributed by atoms with Gasteiger partial charge < -0.3 is 5.73 Å². The molecule has 2 aromatic heterocycles. The van der Waals surface area contributed by atoms with Crippen LogP contribution in [0.1, 0.15) is 5.69 Å². The largest absolute Gasteiger partial charge is 0.399 e. The third-order valence-corrected chi connectivity index (χ3v) is 4.13. The lowest BCUT2D eigenvalue weighted by molar-refractivity contribution is 1.26. The summed E-state index contributed by atoms with van der Waals surface area (Å²) in [6.45, 7) is 2.03. The van der Waals surface area contributed by atoms with E-state index in [9.17, 15) is 0 Å². The summed E-state index contributed by atoms with van der Waals surface area (Å²) in [5.74, 6) is 0. The molecule has 0 aliphatic heterocycles. The molecule has 0 radical (unpaired) electrons. The summed E-state index contributed by atoms with van der Waals surface area (Å²) in [7, 11) is 0. The predicted molar refractivity (Wildman–Crippen MR) is 79.9 cm³/mol. The fourth-order valence-corrected chi connectivity index (χ4v) is 3.03. The zero-order valence-corrected chi connectivity index (χ0v) is 11.3. The van der Waals surface area contributed by atoms with Crippen LogP contribution in [0.25, 0.3) is 21.0 Å². The maximum atomic E-state index is 5.84. The maximum Gasteiger partial charge on any atom is 0.124 e. The van der Waals surface area contributed by atoms with Gasteiger partial charge in [-0.25, -0.2) is 4.98 Å². The highest BCUT2D eigenvalue weighted by molar-refractivity contribution is 7.18. The summed E-state index contributed by atoms with van der Waals surface area (Å²) >= 11 is 1.68. The molecule has 0 amide bonds. The van der Waals surface area contributed by atoms with E-state index < -0.39 is 0 Å². The maximum absolute atomic E-state index is 5.84. The topological polar surface area (TPSA) is 51.8 Å². The first-order valence-corrected chi connectivity index (χ1v) is 6.79. The van der Waals surface area contributed by atoms with Crippen LogP contribution in [0, 0.1) is 6.92 Å². The molecule has 94 valence electrons. The first-order valence-electron chi connectivity index (χ1n) is 5.98. The number of nitrogen functional groups attached to an aromatic ring is 1. The monoisotopic (exact) mass is 267 g/mol. The first kappa shape index (κ1) is 11.9. The van der Waals surface area contributed by atoms with Gasteiger partial charge in [0.15, 0.2) is 0 Å². The Hall–Kier alpha value is -2.20. The highest BCUT2D eigenvalue weighted by atomic mass is 32.1. The molecule has 0 atom stereocenters. The molecule has 0 saturated heterocycles. The van der Waals surface area contributed by atoms with Crippen LogP contribution >= 0.6 is 11.3 Å². The minimum atomic E-state index is 0.774. The molecule has 3 rings (SSSR count). The van der Waals surface area contributed by atoms with Gasteiger partial charge in [0, 0.05) is 23.6 Å². The quantitative estimate of drug-likeness (QED) is 0.719. The van der Waals surface area contributed by atoms with Crippen molar-refractivity contribution in [3.05, 3.63) is 54.5 Å². The second kappa shape index (κ2) is 4.82. The van der Waals surface area contributed by atoms with Gasteiger partial charge in [-0.3, -0.25) is 4.98 Å². The van der Waals surface area contributed by atoms with E-state index in [0.717, 1.165) is 27.5 Å². The Morgan fingerprint density at radius 2 is 1.84 bits per heavy atom. The summed E-state index contributed by atoms with van der Waals surface area (Å²) in [5.41, 5.74) is 9.86. The van der Waals surface area contributed by atoms with E-state index in [1.54, 1.807) is 23.7 Å². The van der Waals surface area contributed by atoms with E-state index in [4.69, 9.17) is 5.73 Å². The summed E-state index contributed by atoms with van der Waals surface area (Å²) in [6.07, 6.45) is 3.57. The third kappa shape index (κ3) is 2.35. The van der Waals surface area contributed by atoms with Gasteiger partial charge in [-0.1, -0.05) is 12.1 Å². The van der Waals surface area contributed by atoms with Crippen molar-refractivity contribution < 1.29 is 0 Å². The standard InChI is InChI=1S/C15H13N3S/c1-10-14(12-3-2-4-13(16)9-12)19-15(18-10)11-5-7-17-8-6-11/h2-9H,16H2,1H3. The number of thiazole rings is 1. The van der Waals surface area contributed by atoms with Crippen molar-refractivity contribution in [2.75, 3.05) is 5.73 Å². The van der Waals surface area contributed by atoms with E-state index in [2.05, 4.69) is 16.0 Å². The fraction of sp³-hybridized carbons (Fsp3) is 0.0667. The molecule has 2 heterocycles. The number of nitrogens with zero attached hydrogens (tertiary/aromatic N) is 2. The third-order valence-electron chi connectivity index (χ3n) is 2.87. The number of hydrogen-bond acceptors (Lipinski definition) is 4. The smallest absolute Gasteiger partial charge is 0.124 e. The van der Waals surface area contributed by atoms with Crippen molar-refractivity contribution in [3.63, 3.8) is 0 Å². The molecule has 0 spiro atoms. The van der Waals surface area contributed by atoms with Crippen LogP contribution in [0.5, 0.6) is 0 Å². The molecular formula is C15H13N3S. The number of pyridine rings is 1. The van der Waals surface area contributed by atoms with Gasteiger partial charge in [0.25, 0.3) is 0 Å². The second-order valence-corrected chi connectivity index (χ2v) is 5.29. The molecular weight excluding hydrogens is 254 g/mol. The minimum Gasteiger partial charge on any atom is -0.399 e. The predicted octanol–water partition coefficient (Wildman–Crippen LogP) is 3.76. The Labute approximate surface area is 115 Å². The summed E-state index contributed by atoms with van der Waals surface area (Å²) < 4.78 is 0. The van der Waals surface area contributed by atoms with Crippen LogP contribution < -0.4 is 5.73 Å². The van der Waals surface area contributed by atoms with Crippen LogP contribution in [0.3, 0.4) is 0 Å². The number of hydrogen-bond donors (Lipinski definition) is 1. The van der Waals surface area contributed by atoms with Crippen LogP contribution in [-0.4, -0.2) is 9.97 Å². The van der Waals surface area contributed by atoms with Gasteiger partial charge >= 0.3 is 0 Å². The molecule has 4 heteroatoms. The Morgan fingerprint density at radius 3 is 2.58 bits per heavy atom. The zero-order valence-electron chi connectivity index (χ0n) is 10.5. The summed E-state index contributed by atoms with van der Waals surface area (Å²) in [6, 6.07) is 11.9. The molecule has 0 aliphatic carbocycles. The molecule has 3 aromatic rings. The molecule has 3 nitrogen and oxygen atoms in total. The summed E-state index contributed by atoms with van der Waals surface area (Å²) in [4.78, 5) is 9.83. The Bertz CT molecular complexity index is 704. The Morgan fingerprint density at radius 1 is 1.05 bits per heavy atom. The average Bonchev–Trinajstić information content (AvgIpc) is 2.82. The molecule has 0 saturated carbocycles. The second-order valence-electron chi connectivity index (χ2n) is 4.29. The number of nitrogens with two attached hydrogens (primary N) is 1. The average molecular weight is 267 g/mol. The zero-order chi connectivity index (χ0) is 13.2. The highest BCUT2D eigenvalue weighted by Crippen LogP contribution is 2.35. The van der Waals surface area contributed by atoms with Crippen molar-refractivity contribution in [1.82, 2.24) is 9.97 Å². The van der Waals surface area contributed by atoms with Crippen molar-refractivity contribution in [2.45, 2.75) is 6.92 Å². The number of benzene rings is 1. The van der Waals surface area contributed by atoms with Gasteiger partial charge in [0.2, 0.25) is 0 Å². The van der Waals surface area contributed by atoms with Gasteiger partial charge in [0.1, 0.15) is 5.01 Å². The Kier molecular flexibility index (Phi) is 3.01. The molecule has 0 unspecified atom stereocenters. The lowest BCUT2D eigenvalue weighted by Crippen LogP contribution is -1.84. The molecule has 0 fully saturated rings. The lowest BCUT2D eigenvalue weighted by atomic mass is 10.1. The molecule has 19 heavy (non-hydrogen) atoms. The molecule has 0 bridgehead atoms. The van der Waals surface area contributed by atoms with Gasteiger partial charge in [-0.15, -0.1) is 11.3 Å². The van der Waals surface area contributed by atoms with E-state index >= 15 is 0 Å². The number of aryl methyl sites for hydroxylation is 1. The fourth-order valence-electron chi connectivity index (χ4n) is 1.96. The molecule has 0 aliphatic rings. The lowest BCUT2D eigenvalue weighted by Gasteiger charge is -1.99. The number of anilines is 1. The van der Waals surface area contributed by atoms with E-state index in [1.807, 2.05) is 37.3 Å². The van der Waals surface area contributed by atoms with Crippen LogP contribution in [0.2, 0.25) is 0 Å². The van der Waals surface area contributed by atoms with Crippen molar-refractivity contribution in [1.29, 1.82) is 0 Å². The SMILES string of the molecule is Cc1nc(-c2ccncc2)sc1-c1cccc(N)c1. The normalized spacial score (nSPS) is 10.6. The number of rotatable bonds is 2. The van der Waals surface area contributed by atoms with Crippen LogP contribution in [-0.2, 0) is 0 Å². The molecule has 2 N–H and O–H groups in total. The van der Waals surface area contributed by atoms with E-state index in [1.165, 1.54) is 4.88 Å². The van der Waals surface area contributed by atoms with Crippen LogP contribution in [0.4, 0.5) is 5.69 Å².